The molecule has 0 aromatic heterocycles. The van der Waals surface area contributed by atoms with Gasteiger partial charge in [-0.25, -0.2) is 9.59 Å². The fourth-order valence-electron chi connectivity index (χ4n) is 2.44. The van der Waals surface area contributed by atoms with Crippen molar-refractivity contribution in [3.8, 4) is 5.75 Å². The molecular weight excluding hydrogens is 284 g/mol. The van der Waals surface area contributed by atoms with Gasteiger partial charge < -0.3 is 14.2 Å². The first-order chi connectivity index (χ1) is 10.5. The van der Waals surface area contributed by atoms with Crippen molar-refractivity contribution < 1.29 is 23.8 Å². The van der Waals surface area contributed by atoms with Gasteiger partial charge in [-0.15, -0.1) is 0 Å². The van der Waals surface area contributed by atoms with Gasteiger partial charge in [0.15, 0.2) is 0 Å². The van der Waals surface area contributed by atoms with E-state index in [1.165, 1.54) is 0 Å². The molecular formula is C17H16O5. The Labute approximate surface area is 128 Å². The van der Waals surface area contributed by atoms with Crippen LogP contribution >= 0.6 is 0 Å². The predicted molar refractivity (Wildman–Crippen MR) is 78.2 cm³/mol. The van der Waals surface area contributed by atoms with E-state index in [-0.39, 0.29) is 24.1 Å². The Morgan fingerprint density at radius 1 is 1.00 bits per heavy atom. The van der Waals surface area contributed by atoms with Crippen molar-refractivity contribution in [1.82, 2.24) is 0 Å². The number of cyclic esters (lactones) is 2. The first-order valence-corrected chi connectivity index (χ1v) is 7.03. The summed E-state index contributed by atoms with van der Waals surface area (Å²) in [5, 5.41) is 0. The first kappa shape index (κ1) is 14.4. The van der Waals surface area contributed by atoms with Crippen LogP contribution in [0, 0.1) is 0 Å². The molecule has 0 N–H and O–H groups in total. The smallest absolute Gasteiger partial charge is 0.334 e. The van der Waals surface area contributed by atoms with Crippen molar-refractivity contribution in [2.75, 3.05) is 6.61 Å². The van der Waals surface area contributed by atoms with Gasteiger partial charge in [0.05, 0.1) is 0 Å². The molecule has 2 fully saturated rings. The maximum Gasteiger partial charge on any atom is 0.334 e. The van der Waals surface area contributed by atoms with Crippen molar-refractivity contribution in [2.45, 2.75) is 25.0 Å². The summed E-state index contributed by atoms with van der Waals surface area (Å²) in [7, 11) is 0. The van der Waals surface area contributed by atoms with E-state index in [0.717, 1.165) is 5.56 Å². The summed E-state index contributed by atoms with van der Waals surface area (Å²) in [6.45, 7) is 7.59. The van der Waals surface area contributed by atoms with Crippen molar-refractivity contribution in [1.29, 1.82) is 0 Å². The zero-order valence-corrected chi connectivity index (χ0v) is 12.0. The molecule has 22 heavy (non-hydrogen) atoms. The van der Waals surface area contributed by atoms with Crippen LogP contribution in [0.1, 0.15) is 24.5 Å². The molecule has 2 aliphatic heterocycles. The van der Waals surface area contributed by atoms with Gasteiger partial charge in [0.1, 0.15) is 24.6 Å². The predicted octanol–water partition coefficient (Wildman–Crippen LogP) is 2.48. The molecule has 0 aliphatic carbocycles. The minimum Gasteiger partial charge on any atom is -0.490 e. The lowest BCUT2D eigenvalue weighted by Crippen LogP contribution is -2.17. The van der Waals surface area contributed by atoms with Crippen molar-refractivity contribution >= 4 is 11.9 Å². The van der Waals surface area contributed by atoms with Gasteiger partial charge in [-0.05, 0) is 17.7 Å². The van der Waals surface area contributed by atoms with E-state index in [4.69, 9.17) is 14.2 Å². The van der Waals surface area contributed by atoms with Crippen LogP contribution in [0.4, 0.5) is 0 Å². The lowest BCUT2D eigenvalue weighted by molar-refractivity contribution is -0.140. The van der Waals surface area contributed by atoms with Crippen molar-refractivity contribution in [2.24, 2.45) is 0 Å². The van der Waals surface area contributed by atoms with E-state index >= 15 is 0 Å². The fraction of sp³-hybridized carbons (Fsp3) is 0.294. The van der Waals surface area contributed by atoms with Gasteiger partial charge in [0.2, 0.25) is 0 Å². The quantitative estimate of drug-likeness (QED) is 0.631. The Hall–Kier alpha value is -2.56. The average molecular weight is 300 g/mol. The molecule has 0 amide bonds. The van der Waals surface area contributed by atoms with Gasteiger partial charge in [0.25, 0.3) is 0 Å². The lowest BCUT2D eigenvalue weighted by Gasteiger charge is -2.12. The van der Waals surface area contributed by atoms with Gasteiger partial charge in [0, 0.05) is 24.0 Å². The zero-order valence-electron chi connectivity index (χ0n) is 12.0. The van der Waals surface area contributed by atoms with Crippen molar-refractivity contribution in [3.05, 3.63) is 54.1 Å². The van der Waals surface area contributed by atoms with E-state index < -0.39 is 0 Å². The number of hydrogen-bond acceptors (Lipinski definition) is 5. The highest BCUT2D eigenvalue weighted by Crippen LogP contribution is 2.32. The average Bonchev–Trinajstić information content (AvgIpc) is 3.00. The molecule has 0 radical (unpaired) electrons. The number of carbonyl (C=O) groups excluding carboxylic acids is 2. The molecule has 2 atom stereocenters. The maximum absolute atomic E-state index is 11.3. The van der Waals surface area contributed by atoms with Gasteiger partial charge >= 0.3 is 11.9 Å². The topological polar surface area (TPSA) is 61.8 Å². The summed E-state index contributed by atoms with van der Waals surface area (Å²) >= 11 is 0. The molecule has 1 aromatic rings. The Bertz CT molecular complexity index is 612. The highest BCUT2D eigenvalue weighted by atomic mass is 16.6. The third kappa shape index (κ3) is 2.88. The van der Waals surface area contributed by atoms with Crippen LogP contribution in [0.3, 0.4) is 0 Å². The van der Waals surface area contributed by atoms with Gasteiger partial charge in [-0.1, -0.05) is 25.3 Å². The van der Waals surface area contributed by atoms with E-state index in [0.29, 0.717) is 36.3 Å². The zero-order chi connectivity index (χ0) is 15.7. The minimum atomic E-state index is -0.354. The van der Waals surface area contributed by atoms with E-state index in [1.807, 2.05) is 12.1 Å². The number of esters is 2. The summed E-state index contributed by atoms with van der Waals surface area (Å²) in [6.07, 6.45) is 0.461. The first-order valence-electron chi connectivity index (χ1n) is 7.03. The second kappa shape index (κ2) is 5.67. The van der Waals surface area contributed by atoms with Crippen LogP contribution in [0.15, 0.2) is 48.6 Å². The molecule has 114 valence electrons. The summed E-state index contributed by atoms with van der Waals surface area (Å²) < 4.78 is 15.9. The molecule has 2 heterocycles. The number of rotatable bonds is 4. The molecule has 0 spiro atoms. The second-order valence-corrected chi connectivity index (χ2v) is 5.42. The molecule has 0 saturated carbocycles. The van der Waals surface area contributed by atoms with E-state index in [9.17, 15) is 9.59 Å². The van der Waals surface area contributed by atoms with Crippen molar-refractivity contribution in [3.63, 3.8) is 0 Å². The van der Waals surface area contributed by atoms with Crippen LogP contribution in [0.2, 0.25) is 0 Å². The number of carbonyl (C=O) groups is 2. The molecule has 2 saturated heterocycles. The molecule has 5 heteroatoms. The third-order valence-corrected chi connectivity index (χ3v) is 3.69. The Kier molecular flexibility index (Phi) is 3.71. The van der Waals surface area contributed by atoms with Crippen LogP contribution < -0.4 is 4.74 Å². The molecule has 3 rings (SSSR count). The molecule has 2 aliphatic rings. The molecule has 1 aromatic carbocycles. The number of ether oxygens (including phenoxy) is 3. The highest BCUT2D eigenvalue weighted by molar-refractivity contribution is 5.90. The molecule has 5 nitrogen and oxygen atoms in total. The summed E-state index contributed by atoms with van der Waals surface area (Å²) in [4.78, 5) is 22.5. The van der Waals surface area contributed by atoms with E-state index in [2.05, 4.69) is 13.2 Å². The van der Waals surface area contributed by atoms with Gasteiger partial charge in [-0.3, -0.25) is 0 Å². The molecule has 0 bridgehead atoms. The third-order valence-electron chi connectivity index (χ3n) is 3.69. The number of benzene rings is 1. The van der Waals surface area contributed by atoms with Gasteiger partial charge in [-0.2, -0.15) is 0 Å². The maximum atomic E-state index is 11.3. The number of hydrogen-bond donors (Lipinski definition) is 0. The normalized spacial score (nSPS) is 24.4. The summed E-state index contributed by atoms with van der Waals surface area (Å²) in [5.74, 6) is -0.0266. The highest BCUT2D eigenvalue weighted by Gasteiger charge is 2.29. The SMILES string of the molecule is C=C1CC(COc2ccc(C3CC(=C)C(=O)O3)cc2)OC1=O. The fourth-order valence-corrected chi connectivity index (χ4v) is 2.44. The second-order valence-electron chi connectivity index (χ2n) is 5.42. The van der Waals surface area contributed by atoms with Crippen LogP contribution in [0.5, 0.6) is 5.75 Å². The van der Waals surface area contributed by atoms with E-state index in [1.54, 1.807) is 12.1 Å². The Morgan fingerprint density at radius 3 is 2.18 bits per heavy atom. The lowest BCUT2D eigenvalue weighted by atomic mass is 10.1. The standard InChI is InChI=1S/C17H16O5/c1-10-7-14(21-16(10)18)9-20-13-5-3-12(4-6-13)15-8-11(2)17(19)22-15/h3-6,14-15H,1-2,7-9H2. The largest absolute Gasteiger partial charge is 0.490 e. The molecule has 2 unspecified atom stereocenters. The van der Waals surface area contributed by atoms with Crippen LogP contribution in [-0.4, -0.2) is 24.6 Å². The summed E-state index contributed by atoms with van der Waals surface area (Å²) in [5.41, 5.74) is 1.88. The monoisotopic (exact) mass is 300 g/mol. The Morgan fingerprint density at radius 2 is 1.64 bits per heavy atom. The summed E-state index contributed by atoms with van der Waals surface area (Å²) in [6, 6.07) is 7.31. The minimum absolute atomic E-state index is 0.270. The van der Waals surface area contributed by atoms with Crippen LogP contribution in [-0.2, 0) is 19.1 Å². The van der Waals surface area contributed by atoms with Crippen LogP contribution in [0.25, 0.3) is 0 Å². The Balaban J connectivity index is 1.56.